The highest BCUT2D eigenvalue weighted by Gasteiger charge is 2.48. The molecule has 4 nitrogen and oxygen atoms in total. The Morgan fingerprint density at radius 1 is 0.829 bits per heavy atom. The number of amides is 1. The number of hydrogen-bond acceptors (Lipinski definition) is 3. The first-order valence-corrected chi connectivity index (χ1v) is 20.7. The van der Waals surface area contributed by atoms with Gasteiger partial charge in [0.1, 0.15) is 17.4 Å². The fourth-order valence-electron chi connectivity index (χ4n) is 5.01. The summed E-state index contributed by atoms with van der Waals surface area (Å²) >= 11 is 0. The number of nitrogens with zero attached hydrogens (tertiary/aromatic N) is 1. The van der Waals surface area contributed by atoms with Crippen LogP contribution in [0.2, 0.25) is 37.8 Å². The Balaban J connectivity index is 1.60. The second-order valence-electron chi connectivity index (χ2n) is 13.5. The first kappa shape index (κ1) is 31.1. The van der Waals surface area contributed by atoms with Crippen molar-refractivity contribution in [3.8, 4) is 5.75 Å². The fourth-order valence-corrected chi connectivity index (χ4v) is 7.15. The van der Waals surface area contributed by atoms with Gasteiger partial charge in [0.25, 0.3) is 0 Å². The standard InChI is InChI=1S/C33H43F2NO3Si2/c1-33(2,3)41(7,8)38-28-19-11-24(12-20-28)31-29(32(37)36(31)27-17-15-26(35)16-18-27)21-22-30(39-40(4,5)6)23-9-13-25(34)14-10-23/h9-20,29-31H,21-22H2,1-8H3/t29-,30+,31-/m1/s1. The molecule has 8 heteroatoms. The van der Waals surface area contributed by atoms with Gasteiger partial charge in [0.05, 0.1) is 18.1 Å². The van der Waals surface area contributed by atoms with E-state index in [2.05, 4.69) is 53.5 Å². The summed E-state index contributed by atoms with van der Waals surface area (Å²) in [6.07, 6.45) is 1.01. The van der Waals surface area contributed by atoms with E-state index in [4.69, 9.17) is 8.85 Å². The molecule has 3 atom stereocenters. The van der Waals surface area contributed by atoms with E-state index in [0.717, 1.165) is 16.9 Å². The fraction of sp³-hybridized carbons (Fsp3) is 0.424. The average Bonchev–Trinajstić information content (AvgIpc) is 2.87. The van der Waals surface area contributed by atoms with Gasteiger partial charge in [-0.05, 0) is 110 Å². The number of carbonyl (C=O) groups is 1. The van der Waals surface area contributed by atoms with Crippen LogP contribution in [0.3, 0.4) is 0 Å². The predicted octanol–water partition coefficient (Wildman–Crippen LogP) is 9.43. The molecule has 1 saturated heterocycles. The van der Waals surface area contributed by atoms with Gasteiger partial charge in [0.15, 0.2) is 8.32 Å². The minimum absolute atomic E-state index is 0.00840. The highest BCUT2D eigenvalue weighted by Crippen LogP contribution is 2.47. The van der Waals surface area contributed by atoms with Crippen LogP contribution in [-0.2, 0) is 9.22 Å². The van der Waals surface area contributed by atoms with Gasteiger partial charge >= 0.3 is 0 Å². The van der Waals surface area contributed by atoms with Crippen LogP contribution >= 0.6 is 0 Å². The second kappa shape index (κ2) is 11.8. The predicted molar refractivity (Wildman–Crippen MR) is 167 cm³/mol. The van der Waals surface area contributed by atoms with Crippen molar-refractivity contribution in [2.75, 3.05) is 4.90 Å². The van der Waals surface area contributed by atoms with Crippen molar-refractivity contribution >= 4 is 28.2 Å². The second-order valence-corrected chi connectivity index (χ2v) is 22.7. The topological polar surface area (TPSA) is 38.8 Å². The molecule has 0 saturated carbocycles. The summed E-state index contributed by atoms with van der Waals surface area (Å²) in [4.78, 5) is 15.4. The third-order valence-electron chi connectivity index (χ3n) is 8.20. The van der Waals surface area contributed by atoms with Crippen LogP contribution < -0.4 is 9.33 Å². The molecule has 220 valence electrons. The van der Waals surface area contributed by atoms with Crippen LogP contribution in [0.1, 0.15) is 56.9 Å². The maximum Gasteiger partial charge on any atom is 0.250 e. The van der Waals surface area contributed by atoms with Crippen molar-refractivity contribution in [3.63, 3.8) is 0 Å². The normalized spacial score (nSPS) is 18.7. The molecule has 3 aromatic carbocycles. The van der Waals surface area contributed by atoms with Gasteiger partial charge in [-0.25, -0.2) is 8.78 Å². The van der Waals surface area contributed by atoms with E-state index < -0.39 is 16.6 Å². The lowest BCUT2D eigenvalue weighted by Gasteiger charge is -2.48. The molecule has 4 rings (SSSR count). The Morgan fingerprint density at radius 2 is 1.37 bits per heavy atom. The van der Waals surface area contributed by atoms with Crippen LogP contribution in [-0.4, -0.2) is 22.5 Å². The smallest absolute Gasteiger partial charge is 0.250 e. The molecule has 41 heavy (non-hydrogen) atoms. The molecule has 1 fully saturated rings. The number of β-lactam (4-membered cyclic amide) rings is 1. The molecule has 0 N–H and O–H groups in total. The maximum atomic E-state index is 13.7. The number of carbonyl (C=O) groups excluding carboxylic acids is 1. The van der Waals surface area contributed by atoms with Crippen LogP contribution in [0.15, 0.2) is 72.8 Å². The van der Waals surface area contributed by atoms with Crippen molar-refractivity contribution in [2.24, 2.45) is 5.92 Å². The van der Waals surface area contributed by atoms with E-state index in [0.29, 0.717) is 18.5 Å². The van der Waals surface area contributed by atoms with E-state index in [1.165, 1.54) is 24.3 Å². The number of benzene rings is 3. The quantitative estimate of drug-likeness (QED) is 0.173. The molecular formula is C33H43F2NO3Si2. The lowest BCUT2D eigenvalue weighted by atomic mass is 9.78. The summed E-state index contributed by atoms with van der Waals surface area (Å²) in [6, 6.07) is 20.4. The summed E-state index contributed by atoms with van der Waals surface area (Å²) in [5, 5.41) is 0.0790. The van der Waals surface area contributed by atoms with Gasteiger partial charge in [0.2, 0.25) is 14.2 Å². The third kappa shape index (κ3) is 7.34. The Labute approximate surface area is 246 Å². The van der Waals surface area contributed by atoms with Gasteiger partial charge in [0, 0.05) is 5.69 Å². The van der Waals surface area contributed by atoms with E-state index in [1.807, 2.05) is 24.3 Å². The first-order chi connectivity index (χ1) is 19.1. The largest absolute Gasteiger partial charge is 0.544 e. The highest BCUT2D eigenvalue weighted by molar-refractivity contribution is 6.74. The number of anilines is 1. The summed E-state index contributed by atoms with van der Waals surface area (Å²) in [7, 11) is -3.92. The molecule has 0 aliphatic carbocycles. The molecule has 3 aromatic rings. The lowest BCUT2D eigenvalue weighted by molar-refractivity contribution is -0.131. The van der Waals surface area contributed by atoms with E-state index in [-0.39, 0.29) is 40.6 Å². The molecule has 1 aliphatic heterocycles. The SMILES string of the molecule is CC(C)(C)[Si](C)(C)Oc1ccc([C@@H]2[C@@H](CC[C@H](O[Si](C)(C)C)c3ccc(F)cc3)C(=O)N2c2ccc(F)cc2)cc1. The van der Waals surface area contributed by atoms with Crippen molar-refractivity contribution in [3.05, 3.63) is 95.6 Å². The van der Waals surface area contributed by atoms with Crippen molar-refractivity contribution in [1.82, 2.24) is 0 Å². The molecule has 0 radical (unpaired) electrons. The van der Waals surface area contributed by atoms with E-state index >= 15 is 0 Å². The Hall–Kier alpha value is -2.82. The lowest BCUT2D eigenvalue weighted by Crippen LogP contribution is -2.55. The van der Waals surface area contributed by atoms with Crippen LogP contribution in [0.25, 0.3) is 0 Å². The molecule has 0 unspecified atom stereocenters. The number of rotatable bonds is 10. The first-order valence-electron chi connectivity index (χ1n) is 14.4. The van der Waals surface area contributed by atoms with Crippen molar-refractivity contribution in [1.29, 1.82) is 0 Å². The molecular weight excluding hydrogens is 553 g/mol. The minimum Gasteiger partial charge on any atom is -0.544 e. The van der Waals surface area contributed by atoms with E-state index in [9.17, 15) is 13.6 Å². The summed E-state index contributed by atoms with van der Waals surface area (Å²) in [6.45, 7) is 17.5. The van der Waals surface area contributed by atoms with Gasteiger partial charge < -0.3 is 13.8 Å². The summed E-state index contributed by atoms with van der Waals surface area (Å²) < 4.78 is 40.4. The summed E-state index contributed by atoms with van der Waals surface area (Å²) in [5.74, 6) is -0.0523. The van der Waals surface area contributed by atoms with Crippen molar-refractivity contribution < 1.29 is 22.4 Å². The monoisotopic (exact) mass is 595 g/mol. The average molecular weight is 596 g/mol. The molecule has 1 aliphatic rings. The van der Waals surface area contributed by atoms with E-state index in [1.54, 1.807) is 29.2 Å². The minimum atomic E-state index is -2.00. The zero-order chi connectivity index (χ0) is 30.2. The highest BCUT2D eigenvalue weighted by atomic mass is 28.4. The zero-order valence-electron chi connectivity index (χ0n) is 25.5. The third-order valence-corrected chi connectivity index (χ3v) is 13.5. The van der Waals surface area contributed by atoms with Gasteiger partial charge in [-0.3, -0.25) is 4.79 Å². The van der Waals surface area contributed by atoms with Crippen LogP contribution in [0.4, 0.5) is 14.5 Å². The molecule has 1 heterocycles. The van der Waals surface area contributed by atoms with Gasteiger partial charge in [-0.1, -0.05) is 45.0 Å². The Morgan fingerprint density at radius 3 is 1.88 bits per heavy atom. The molecule has 0 aromatic heterocycles. The summed E-state index contributed by atoms with van der Waals surface area (Å²) in [5.41, 5.74) is 2.60. The molecule has 1 amide bonds. The van der Waals surface area contributed by atoms with Crippen LogP contribution in [0, 0.1) is 17.6 Å². The maximum absolute atomic E-state index is 13.7. The Kier molecular flexibility index (Phi) is 8.97. The number of hydrogen-bond donors (Lipinski definition) is 0. The Bertz CT molecular complexity index is 1330. The number of halogens is 2. The zero-order valence-corrected chi connectivity index (χ0v) is 27.5. The van der Waals surface area contributed by atoms with Crippen molar-refractivity contribution in [2.45, 2.75) is 83.5 Å². The van der Waals surface area contributed by atoms with Crippen LogP contribution in [0.5, 0.6) is 5.75 Å². The van der Waals surface area contributed by atoms with Gasteiger partial charge in [-0.15, -0.1) is 0 Å². The van der Waals surface area contributed by atoms with Gasteiger partial charge in [-0.2, -0.15) is 0 Å². The molecule has 0 spiro atoms. The molecule has 0 bridgehead atoms.